The van der Waals surface area contributed by atoms with E-state index < -0.39 is 30.0 Å². The van der Waals surface area contributed by atoms with E-state index in [1.54, 1.807) is 18.9 Å². The van der Waals surface area contributed by atoms with Crippen LogP contribution in [-0.2, 0) is 9.59 Å². The molecule has 0 fully saturated rings. The third-order valence-electron chi connectivity index (χ3n) is 2.84. The van der Waals surface area contributed by atoms with Crippen LogP contribution in [0.5, 0.6) is 0 Å². The zero-order valence-corrected chi connectivity index (χ0v) is 13.6. The number of hydrogen-bond donors (Lipinski definition) is 3. The fourth-order valence-electron chi connectivity index (χ4n) is 1.31. The summed E-state index contributed by atoms with van der Waals surface area (Å²) in [6, 6.07) is -0.686. The summed E-state index contributed by atoms with van der Waals surface area (Å²) in [6.45, 7) is 3.77. The van der Waals surface area contributed by atoms with Gasteiger partial charge in [0.1, 0.15) is 6.04 Å². The van der Waals surface area contributed by atoms with Crippen molar-refractivity contribution in [2.75, 3.05) is 25.1 Å². The molecule has 0 aliphatic carbocycles. The summed E-state index contributed by atoms with van der Waals surface area (Å²) in [6.07, 6.45) is 0.0425. The van der Waals surface area contributed by atoms with Crippen molar-refractivity contribution in [1.29, 1.82) is 0 Å². The second-order valence-corrected chi connectivity index (χ2v) is 7.22. The Hall–Kier alpha value is -0.440. The minimum atomic E-state index is -0.935. The van der Waals surface area contributed by atoms with Crippen molar-refractivity contribution < 1.29 is 24.9 Å². The molecule has 0 aliphatic rings. The molecule has 0 saturated heterocycles. The van der Waals surface area contributed by atoms with Crippen molar-refractivity contribution in [3.05, 3.63) is 0 Å². The Morgan fingerprint density at radius 3 is 2.15 bits per heavy atom. The molecule has 0 aromatic heterocycles. The molecule has 3 unspecified atom stereocenters. The molecule has 3 N–H and O–H groups in total. The number of aliphatic hydroxyl groups excluding tert-OH is 1. The Morgan fingerprint density at radius 2 is 1.70 bits per heavy atom. The quantitative estimate of drug-likeness (QED) is 0.386. The van der Waals surface area contributed by atoms with Gasteiger partial charge in [0.15, 0.2) is 0 Å². The highest BCUT2D eigenvalue weighted by atomic mass is 33.1. The van der Waals surface area contributed by atoms with Crippen LogP contribution >= 0.6 is 21.6 Å². The minimum Gasteiger partial charge on any atom is -0.481 e. The molecule has 0 rings (SSSR count). The van der Waals surface area contributed by atoms with Crippen molar-refractivity contribution in [2.45, 2.75) is 32.4 Å². The molecule has 20 heavy (non-hydrogen) atoms. The molecule has 0 radical (unpaired) electrons. The van der Waals surface area contributed by atoms with Crippen LogP contribution in [0, 0.1) is 5.92 Å². The molecule has 0 heterocycles. The lowest BCUT2D eigenvalue weighted by atomic mass is 10.2. The van der Waals surface area contributed by atoms with E-state index in [0.29, 0.717) is 24.5 Å². The Labute approximate surface area is 127 Å². The standard InChI is InChI=1S/C12H23NO5S2/c1-4-9(14)5-13(3)10(12(17)18)7-20-19-6-8(2)11(15)16/h8-10,14H,4-7H2,1-3H3,(H,15,16)(H,17,18). The van der Waals surface area contributed by atoms with Gasteiger partial charge in [-0.2, -0.15) is 0 Å². The van der Waals surface area contributed by atoms with E-state index >= 15 is 0 Å². The first-order valence-corrected chi connectivity index (χ1v) is 8.86. The number of likely N-dealkylation sites (N-methyl/N-ethyl adjacent to an activating group) is 1. The summed E-state index contributed by atoms with van der Waals surface area (Å²) in [5, 5.41) is 27.5. The number of aliphatic carboxylic acids is 2. The number of carboxylic acids is 2. The first-order chi connectivity index (χ1) is 9.29. The van der Waals surface area contributed by atoms with Crippen LogP contribution in [-0.4, -0.2) is 69.4 Å². The minimum absolute atomic E-state index is 0.310. The highest BCUT2D eigenvalue weighted by Gasteiger charge is 2.24. The summed E-state index contributed by atoms with van der Waals surface area (Å²) in [4.78, 5) is 23.5. The third kappa shape index (κ3) is 7.98. The summed E-state index contributed by atoms with van der Waals surface area (Å²) < 4.78 is 0. The number of nitrogens with zero attached hydrogens (tertiary/aromatic N) is 1. The zero-order chi connectivity index (χ0) is 15.7. The molecule has 0 saturated carbocycles. The van der Waals surface area contributed by atoms with Crippen LogP contribution in [0.2, 0.25) is 0 Å². The van der Waals surface area contributed by atoms with E-state index in [0.717, 1.165) is 0 Å². The van der Waals surface area contributed by atoms with Gasteiger partial charge in [0.05, 0.1) is 12.0 Å². The molecule has 8 heteroatoms. The third-order valence-corrected chi connectivity index (χ3v) is 5.41. The van der Waals surface area contributed by atoms with E-state index in [1.165, 1.54) is 21.6 Å². The van der Waals surface area contributed by atoms with Gasteiger partial charge >= 0.3 is 11.9 Å². The average Bonchev–Trinajstić information content (AvgIpc) is 2.37. The second kappa shape index (κ2) is 10.3. The van der Waals surface area contributed by atoms with Crippen molar-refractivity contribution >= 4 is 33.5 Å². The largest absolute Gasteiger partial charge is 0.481 e. The highest BCUT2D eigenvalue weighted by Crippen LogP contribution is 2.26. The molecular weight excluding hydrogens is 302 g/mol. The lowest BCUT2D eigenvalue weighted by Gasteiger charge is -2.26. The van der Waals surface area contributed by atoms with Crippen LogP contribution in [0.25, 0.3) is 0 Å². The van der Waals surface area contributed by atoms with Crippen LogP contribution in [0.3, 0.4) is 0 Å². The summed E-state index contributed by atoms with van der Waals surface area (Å²) >= 11 is 0. The fourth-order valence-corrected chi connectivity index (χ4v) is 3.95. The molecule has 0 aromatic rings. The Morgan fingerprint density at radius 1 is 1.15 bits per heavy atom. The molecular formula is C12H23NO5S2. The second-order valence-electron chi connectivity index (χ2n) is 4.66. The molecule has 3 atom stereocenters. The van der Waals surface area contributed by atoms with E-state index in [9.17, 15) is 19.8 Å². The number of rotatable bonds is 11. The molecule has 6 nitrogen and oxygen atoms in total. The lowest BCUT2D eigenvalue weighted by Crippen LogP contribution is -2.43. The van der Waals surface area contributed by atoms with Gasteiger partial charge in [-0.05, 0) is 13.5 Å². The van der Waals surface area contributed by atoms with Crippen molar-refractivity contribution in [3.63, 3.8) is 0 Å². The average molecular weight is 325 g/mol. The van der Waals surface area contributed by atoms with Gasteiger partial charge in [-0.1, -0.05) is 35.4 Å². The maximum atomic E-state index is 11.2. The van der Waals surface area contributed by atoms with Gasteiger partial charge in [-0.3, -0.25) is 14.5 Å². The van der Waals surface area contributed by atoms with Gasteiger partial charge in [0.2, 0.25) is 0 Å². The number of aliphatic hydroxyl groups is 1. The summed E-state index contributed by atoms with van der Waals surface area (Å²) in [7, 11) is 4.38. The molecule has 0 aromatic carbocycles. The predicted molar refractivity (Wildman–Crippen MR) is 82.1 cm³/mol. The monoisotopic (exact) mass is 325 g/mol. The van der Waals surface area contributed by atoms with Crippen molar-refractivity contribution in [1.82, 2.24) is 4.90 Å². The Kier molecular flexibility index (Phi) is 10.1. The van der Waals surface area contributed by atoms with Crippen LogP contribution in [0.4, 0.5) is 0 Å². The molecule has 0 bridgehead atoms. The van der Waals surface area contributed by atoms with E-state index in [-0.39, 0.29) is 0 Å². The predicted octanol–water partition coefficient (Wildman–Crippen LogP) is 1.24. The maximum Gasteiger partial charge on any atom is 0.321 e. The molecule has 0 spiro atoms. The molecule has 0 aliphatic heterocycles. The van der Waals surface area contributed by atoms with Gasteiger partial charge in [-0.25, -0.2) is 0 Å². The van der Waals surface area contributed by atoms with Gasteiger partial charge < -0.3 is 15.3 Å². The SMILES string of the molecule is CCC(O)CN(C)C(CSSCC(C)C(=O)O)C(=O)O. The highest BCUT2D eigenvalue weighted by molar-refractivity contribution is 8.76. The maximum absolute atomic E-state index is 11.2. The topological polar surface area (TPSA) is 98.1 Å². The van der Waals surface area contributed by atoms with Crippen LogP contribution in [0.1, 0.15) is 20.3 Å². The normalized spacial score (nSPS) is 15.8. The first kappa shape index (κ1) is 19.6. The van der Waals surface area contributed by atoms with Gasteiger partial charge in [-0.15, -0.1) is 0 Å². The van der Waals surface area contributed by atoms with E-state index in [2.05, 4.69) is 0 Å². The van der Waals surface area contributed by atoms with Crippen molar-refractivity contribution in [3.8, 4) is 0 Å². The van der Waals surface area contributed by atoms with Gasteiger partial charge in [0.25, 0.3) is 0 Å². The molecule has 118 valence electrons. The summed E-state index contributed by atoms with van der Waals surface area (Å²) in [5.41, 5.74) is 0. The number of carboxylic acid groups (broad SMARTS) is 2. The van der Waals surface area contributed by atoms with Gasteiger partial charge in [0, 0.05) is 18.1 Å². The van der Waals surface area contributed by atoms with E-state index in [1.807, 2.05) is 6.92 Å². The van der Waals surface area contributed by atoms with Crippen molar-refractivity contribution in [2.24, 2.45) is 5.92 Å². The first-order valence-electron chi connectivity index (χ1n) is 6.37. The number of carbonyl (C=O) groups is 2. The van der Waals surface area contributed by atoms with Crippen LogP contribution in [0.15, 0.2) is 0 Å². The van der Waals surface area contributed by atoms with E-state index in [4.69, 9.17) is 5.11 Å². The number of hydrogen-bond acceptors (Lipinski definition) is 6. The van der Waals surface area contributed by atoms with Crippen LogP contribution < -0.4 is 0 Å². The lowest BCUT2D eigenvalue weighted by molar-refractivity contribution is -0.142. The summed E-state index contributed by atoms with van der Waals surface area (Å²) in [5.74, 6) is -1.45. The fraction of sp³-hybridized carbons (Fsp3) is 0.833. The molecule has 0 amide bonds. The smallest absolute Gasteiger partial charge is 0.321 e. The Bertz CT molecular complexity index is 316. The Balaban J connectivity index is 4.15. The zero-order valence-electron chi connectivity index (χ0n) is 12.0.